The van der Waals surface area contributed by atoms with Crippen molar-refractivity contribution in [3.05, 3.63) is 52.0 Å². The van der Waals surface area contributed by atoms with E-state index in [0.717, 1.165) is 0 Å². The lowest BCUT2D eigenvalue weighted by molar-refractivity contribution is 0.318. The molecule has 24 heavy (non-hydrogen) atoms. The van der Waals surface area contributed by atoms with Crippen LogP contribution in [-0.2, 0) is 0 Å². The van der Waals surface area contributed by atoms with Gasteiger partial charge in [0.15, 0.2) is 16.6 Å². The highest BCUT2D eigenvalue weighted by Crippen LogP contribution is 2.26. The second-order valence-electron chi connectivity index (χ2n) is 4.61. The predicted molar refractivity (Wildman–Crippen MR) is 103 cm³/mol. The summed E-state index contributed by atoms with van der Waals surface area (Å²) < 4.78 is 5.26. The summed E-state index contributed by atoms with van der Waals surface area (Å²) in [6.45, 7) is 2.33. The van der Waals surface area contributed by atoms with Gasteiger partial charge in [-0.1, -0.05) is 23.2 Å². The molecule has 0 aliphatic rings. The lowest BCUT2D eigenvalue weighted by Crippen LogP contribution is -2.24. The third kappa shape index (κ3) is 5.26. The van der Waals surface area contributed by atoms with E-state index in [0.29, 0.717) is 33.7 Å². The van der Waals surface area contributed by atoms with Gasteiger partial charge in [0.25, 0.3) is 0 Å². The Morgan fingerprint density at radius 3 is 2.75 bits per heavy atom. The highest BCUT2D eigenvalue weighted by atomic mass is 35.5. The van der Waals surface area contributed by atoms with E-state index in [2.05, 4.69) is 15.8 Å². The van der Waals surface area contributed by atoms with Gasteiger partial charge in [0.1, 0.15) is 0 Å². The Morgan fingerprint density at radius 1 is 1.29 bits per heavy atom. The maximum atomic E-state index is 9.81. The minimum absolute atomic E-state index is 0.0504. The smallest absolute Gasteiger partial charge is 0.191 e. The van der Waals surface area contributed by atoms with Crippen LogP contribution in [0.25, 0.3) is 0 Å². The lowest BCUT2D eigenvalue weighted by Gasteiger charge is -2.09. The summed E-state index contributed by atoms with van der Waals surface area (Å²) >= 11 is 17.0. The maximum absolute atomic E-state index is 9.81. The molecule has 0 radical (unpaired) electrons. The van der Waals surface area contributed by atoms with Crippen LogP contribution in [0.1, 0.15) is 12.5 Å². The SMILES string of the molecule is CCOc1ccc(C=NNC(=S)Nc2ccc(Cl)cc2Cl)cc1O. The third-order valence-corrected chi connectivity index (χ3v) is 3.58. The minimum Gasteiger partial charge on any atom is -0.504 e. The first-order valence-electron chi connectivity index (χ1n) is 7.00. The molecule has 0 aliphatic carbocycles. The molecule has 0 bridgehead atoms. The molecule has 0 spiro atoms. The van der Waals surface area contributed by atoms with E-state index in [1.165, 1.54) is 6.21 Å². The molecule has 0 fully saturated rings. The van der Waals surface area contributed by atoms with Crippen molar-refractivity contribution in [2.75, 3.05) is 11.9 Å². The van der Waals surface area contributed by atoms with Gasteiger partial charge < -0.3 is 15.2 Å². The molecule has 126 valence electrons. The van der Waals surface area contributed by atoms with Crippen LogP contribution in [0.4, 0.5) is 5.69 Å². The fraction of sp³-hybridized carbons (Fsp3) is 0.125. The first-order valence-corrected chi connectivity index (χ1v) is 8.17. The molecule has 0 saturated heterocycles. The Kier molecular flexibility index (Phi) is 6.66. The lowest BCUT2D eigenvalue weighted by atomic mass is 10.2. The minimum atomic E-state index is 0.0504. The fourth-order valence-electron chi connectivity index (χ4n) is 1.80. The van der Waals surface area contributed by atoms with Crippen molar-refractivity contribution in [3.8, 4) is 11.5 Å². The van der Waals surface area contributed by atoms with E-state index < -0.39 is 0 Å². The molecule has 0 amide bonds. The number of aromatic hydroxyl groups is 1. The van der Waals surface area contributed by atoms with Crippen LogP contribution in [0, 0.1) is 0 Å². The largest absolute Gasteiger partial charge is 0.504 e. The molecule has 8 heteroatoms. The molecule has 0 saturated carbocycles. The van der Waals surface area contributed by atoms with Crippen molar-refractivity contribution in [2.45, 2.75) is 6.92 Å². The van der Waals surface area contributed by atoms with Crippen LogP contribution < -0.4 is 15.5 Å². The Hall–Kier alpha value is -2.02. The van der Waals surface area contributed by atoms with Crippen molar-refractivity contribution in [1.82, 2.24) is 5.43 Å². The van der Waals surface area contributed by atoms with Gasteiger partial charge >= 0.3 is 0 Å². The molecular formula is C16H15Cl2N3O2S. The number of anilines is 1. The van der Waals surface area contributed by atoms with Gasteiger partial charge in [-0.15, -0.1) is 0 Å². The molecular weight excluding hydrogens is 369 g/mol. The summed E-state index contributed by atoms with van der Waals surface area (Å²) in [5, 5.41) is 18.0. The van der Waals surface area contributed by atoms with E-state index in [1.54, 1.807) is 36.4 Å². The number of benzene rings is 2. The van der Waals surface area contributed by atoms with Crippen molar-refractivity contribution in [2.24, 2.45) is 5.10 Å². The molecule has 2 aromatic rings. The number of rotatable bonds is 5. The van der Waals surface area contributed by atoms with Crippen molar-refractivity contribution in [3.63, 3.8) is 0 Å². The van der Waals surface area contributed by atoms with Crippen LogP contribution in [-0.4, -0.2) is 23.0 Å². The van der Waals surface area contributed by atoms with Gasteiger partial charge in [-0.25, -0.2) is 0 Å². The molecule has 2 rings (SSSR count). The van der Waals surface area contributed by atoms with E-state index in [4.69, 9.17) is 40.2 Å². The summed E-state index contributed by atoms with van der Waals surface area (Å²) in [6, 6.07) is 10.0. The number of phenolic OH excluding ortho intramolecular Hbond substituents is 1. The topological polar surface area (TPSA) is 65.9 Å². The van der Waals surface area contributed by atoms with E-state index in [-0.39, 0.29) is 10.9 Å². The Bertz CT molecular complexity index is 769. The van der Waals surface area contributed by atoms with Crippen molar-refractivity contribution < 1.29 is 9.84 Å². The summed E-state index contributed by atoms with van der Waals surface area (Å²) in [5.41, 5.74) is 3.97. The molecule has 0 heterocycles. The number of hydrogen-bond donors (Lipinski definition) is 3. The highest BCUT2D eigenvalue weighted by Gasteiger charge is 2.04. The van der Waals surface area contributed by atoms with Crippen LogP contribution in [0.15, 0.2) is 41.5 Å². The fourth-order valence-corrected chi connectivity index (χ4v) is 2.42. The van der Waals surface area contributed by atoms with Gasteiger partial charge in [-0.05, 0) is 61.1 Å². The average Bonchev–Trinajstić information content (AvgIpc) is 2.53. The number of halogens is 2. The Balaban J connectivity index is 1.93. The highest BCUT2D eigenvalue weighted by molar-refractivity contribution is 7.80. The van der Waals surface area contributed by atoms with E-state index >= 15 is 0 Å². The molecule has 2 aromatic carbocycles. The number of phenols is 1. The van der Waals surface area contributed by atoms with Gasteiger partial charge in [-0.3, -0.25) is 5.43 Å². The van der Waals surface area contributed by atoms with Crippen LogP contribution in [0.5, 0.6) is 11.5 Å². The van der Waals surface area contributed by atoms with Gasteiger partial charge in [-0.2, -0.15) is 5.10 Å². The quantitative estimate of drug-likeness (QED) is 0.405. The normalized spacial score (nSPS) is 10.6. The van der Waals surface area contributed by atoms with Crippen molar-refractivity contribution >= 4 is 52.4 Å². The number of thiocarbonyl (C=S) groups is 1. The summed E-state index contributed by atoms with van der Waals surface area (Å²) in [6.07, 6.45) is 1.52. The molecule has 3 N–H and O–H groups in total. The third-order valence-electron chi connectivity index (χ3n) is 2.84. The molecule has 0 aromatic heterocycles. The number of nitrogens with zero attached hydrogens (tertiary/aromatic N) is 1. The number of hydrazone groups is 1. The molecule has 0 atom stereocenters. The number of ether oxygens (including phenoxy) is 1. The van der Waals surface area contributed by atoms with Gasteiger partial charge in [0, 0.05) is 5.02 Å². The number of hydrogen-bond acceptors (Lipinski definition) is 4. The standard InChI is InChI=1S/C16H15Cl2N3O2S/c1-2-23-15-6-3-10(7-14(15)22)9-19-21-16(24)20-13-5-4-11(17)8-12(13)18/h3-9,22H,2H2,1H3,(H2,20,21,24). The second-order valence-corrected chi connectivity index (χ2v) is 5.86. The monoisotopic (exact) mass is 383 g/mol. The molecule has 0 unspecified atom stereocenters. The van der Waals surface area contributed by atoms with Crippen LogP contribution in [0.3, 0.4) is 0 Å². The van der Waals surface area contributed by atoms with E-state index in [1.807, 2.05) is 6.92 Å². The number of nitrogens with one attached hydrogen (secondary N) is 2. The molecule has 5 nitrogen and oxygen atoms in total. The van der Waals surface area contributed by atoms with Crippen LogP contribution >= 0.6 is 35.4 Å². The summed E-state index contributed by atoms with van der Waals surface area (Å²) in [7, 11) is 0. The summed E-state index contributed by atoms with van der Waals surface area (Å²) in [5.74, 6) is 0.478. The first kappa shape index (κ1) is 18.3. The average molecular weight is 384 g/mol. The Labute approximate surface area is 155 Å². The summed E-state index contributed by atoms with van der Waals surface area (Å²) in [4.78, 5) is 0. The van der Waals surface area contributed by atoms with Gasteiger partial charge in [0.2, 0.25) is 0 Å². The zero-order chi connectivity index (χ0) is 17.5. The Morgan fingerprint density at radius 2 is 2.08 bits per heavy atom. The zero-order valence-corrected chi connectivity index (χ0v) is 15.0. The van der Waals surface area contributed by atoms with Gasteiger partial charge in [0.05, 0.1) is 23.5 Å². The second kappa shape index (κ2) is 8.73. The zero-order valence-electron chi connectivity index (χ0n) is 12.7. The predicted octanol–water partition coefficient (Wildman–Crippen LogP) is 4.42. The maximum Gasteiger partial charge on any atom is 0.191 e. The van der Waals surface area contributed by atoms with Crippen molar-refractivity contribution in [1.29, 1.82) is 0 Å². The molecule has 0 aliphatic heterocycles. The van der Waals surface area contributed by atoms with E-state index in [9.17, 15) is 5.11 Å². The first-order chi connectivity index (χ1) is 11.5. The van der Waals surface area contributed by atoms with Crippen LogP contribution in [0.2, 0.25) is 10.0 Å².